The second-order valence-electron chi connectivity index (χ2n) is 7.91. The molecule has 0 aliphatic heterocycles. The monoisotopic (exact) mass is 434 g/mol. The third-order valence-electron chi connectivity index (χ3n) is 4.64. The number of benzene rings is 1. The molecule has 3 nitrogen and oxygen atoms in total. The standard InChI is InChI=1S/C20H26F3O3PS/c1-7-14-9-12(2)8-13(3)16(14)17-15(24)10-19(4,5)18(17)26-27(6,28)25-11-20(21,22)23/h8-9H,7,10-11H2,1-6H3. The summed E-state index contributed by atoms with van der Waals surface area (Å²) < 4.78 is 48.5. The van der Waals surface area contributed by atoms with Gasteiger partial charge in [0, 0.05) is 18.5 Å². The molecular formula is C20H26F3O3PS. The van der Waals surface area contributed by atoms with Crippen LogP contribution in [0.15, 0.2) is 17.9 Å². The molecule has 28 heavy (non-hydrogen) atoms. The average molecular weight is 434 g/mol. The van der Waals surface area contributed by atoms with Gasteiger partial charge < -0.3 is 9.05 Å². The molecule has 1 aromatic carbocycles. The normalized spacial score (nSPS) is 19.1. The zero-order chi connectivity index (χ0) is 21.5. The van der Waals surface area contributed by atoms with E-state index in [1.165, 1.54) is 6.66 Å². The SMILES string of the molecule is CCc1cc(C)cc(C)c1C1=C(OP(C)(=S)OCC(F)(F)F)C(C)(C)CC1=O. The van der Waals surface area contributed by atoms with Crippen LogP contribution in [-0.4, -0.2) is 25.2 Å². The highest BCUT2D eigenvalue weighted by Crippen LogP contribution is 2.56. The van der Waals surface area contributed by atoms with Gasteiger partial charge in [-0.25, -0.2) is 0 Å². The van der Waals surface area contributed by atoms with Crippen molar-refractivity contribution >= 4 is 29.7 Å². The van der Waals surface area contributed by atoms with Crippen LogP contribution in [0.25, 0.3) is 5.57 Å². The molecule has 8 heteroatoms. The lowest BCUT2D eigenvalue weighted by molar-refractivity contribution is -0.153. The van der Waals surface area contributed by atoms with Gasteiger partial charge >= 0.3 is 6.18 Å². The van der Waals surface area contributed by atoms with Crippen molar-refractivity contribution in [1.29, 1.82) is 0 Å². The van der Waals surface area contributed by atoms with Crippen molar-refractivity contribution in [3.8, 4) is 0 Å². The lowest BCUT2D eigenvalue weighted by Crippen LogP contribution is -2.18. The molecule has 156 valence electrons. The lowest BCUT2D eigenvalue weighted by atomic mass is 9.89. The Kier molecular flexibility index (Phi) is 6.54. The molecule has 1 aromatic rings. The van der Waals surface area contributed by atoms with E-state index >= 15 is 0 Å². The number of ketones is 1. The Bertz CT molecular complexity index is 872. The Morgan fingerprint density at radius 3 is 2.39 bits per heavy atom. The van der Waals surface area contributed by atoms with Crippen LogP contribution < -0.4 is 0 Å². The maximum absolute atomic E-state index is 12.9. The van der Waals surface area contributed by atoms with E-state index in [9.17, 15) is 18.0 Å². The summed E-state index contributed by atoms with van der Waals surface area (Å²) in [5.74, 6) is 0.250. The molecule has 2 rings (SSSR count). The maximum atomic E-state index is 12.9. The van der Waals surface area contributed by atoms with Crippen molar-refractivity contribution in [2.24, 2.45) is 5.41 Å². The number of rotatable bonds is 6. The van der Waals surface area contributed by atoms with Gasteiger partial charge in [-0.3, -0.25) is 4.79 Å². The van der Waals surface area contributed by atoms with E-state index in [-0.39, 0.29) is 12.2 Å². The highest BCUT2D eigenvalue weighted by atomic mass is 32.5. The van der Waals surface area contributed by atoms with Crippen LogP contribution in [0.3, 0.4) is 0 Å². The highest BCUT2D eigenvalue weighted by molar-refractivity contribution is 8.09. The highest BCUT2D eigenvalue weighted by Gasteiger charge is 2.44. The summed E-state index contributed by atoms with van der Waals surface area (Å²) >= 11 is 5.23. The van der Waals surface area contributed by atoms with E-state index in [4.69, 9.17) is 20.9 Å². The lowest BCUT2D eigenvalue weighted by Gasteiger charge is -2.28. The first-order valence-electron chi connectivity index (χ1n) is 9.03. The smallest absolute Gasteiger partial charge is 0.412 e. The van der Waals surface area contributed by atoms with Crippen molar-refractivity contribution in [2.45, 2.75) is 53.6 Å². The summed E-state index contributed by atoms with van der Waals surface area (Å²) in [4.78, 5) is 12.9. The molecule has 0 heterocycles. The Balaban J connectivity index is 2.59. The molecule has 1 aliphatic rings. The molecule has 0 radical (unpaired) electrons. The van der Waals surface area contributed by atoms with E-state index in [0.717, 1.165) is 22.3 Å². The van der Waals surface area contributed by atoms with Gasteiger partial charge in [0.25, 0.3) is 0 Å². The van der Waals surface area contributed by atoms with Crippen LogP contribution in [0.4, 0.5) is 13.2 Å². The zero-order valence-corrected chi connectivity index (χ0v) is 18.7. The fourth-order valence-corrected chi connectivity index (χ4v) is 5.02. The predicted molar refractivity (Wildman–Crippen MR) is 109 cm³/mol. The van der Waals surface area contributed by atoms with Crippen LogP contribution in [0.1, 0.15) is 49.4 Å². The average Bonchev–Trinajstić information content (AvgIpc) is 2.73. The van der Waals surface area contributed by atoms with Crippen LogP contribution >= 0.6 is 6.49 Å². The molecule has 0 fully saturated rings. The molecule has 1 unspecified atom stereocenters. The van der Waals surface area contributed by atoms with Gasteiger partial charge in [0.2, 0.25) is 6.49 Å². The van der Waals surface area contributed by atoms with Crippen molar-refractivity contribution in [3.05, 3.63) is 40.1 Å². The third kappa shape index (κ3) is 5.25. The fourth-order valence-electron chi connectivity index (χ4n) is 3.53. The minimum atomic E-state index is -4.50. The van der Waals surface area contributed by atoms with E-state index in [1.54, 1.807) is 0 Å². The quantitative estimate of drug-likeness (QED) is 0.506. The maximum Gasteiger partial charge on any atom is 0.412 e. The first kappa shape index (κ1) is 23.1. The van der Waals surface area contributed by atoms with E-state index < -0.39 is 24.7 Å². The molecule has 0 bridgehead atoms. The molecular weight excluding hydrogens is 408 g/mol. The van der Waals surface area contributed by atoms with Gasteiger partial charge in [-0.2, -0.15) is 13.2 Å². The topological polar surface area (TPSA) is 35.5 Å². The molecule has 0 aromatic heterocycles. The number of allylic oxidation sites excluding steroid dienone is 2. The van der Waals surface area contributed by atoms with Crippen LogP contribution in [-0.2, 0) is 32.1 Å². The van der Waals surface area contributed by atoms with Crippen molar-refractivity contribution in [1.82, 2.24) is 0 Å². The number of alkyl halides is 3. The van der Waals surface area contributed by atoms with Crippen molar-refractivity contribution < 1.29 is 27.0 Å². The number of carbonyl (C=O) groups is 1. The molecule has 0 amide bonds. The van der Waals surface area contributed by atoms with Crippen LogP contribution in [0, 0.1) is 19.3 Å². The molecule has 0 spiro atoms. The minimum Gasteiger partial charge on any atom is -0.447 e. The van der Waals surface area contributed by atoms with E-state index in [2.05, 4.69) is 0 Å². The number of hydrogen-bond donors (Lipinski definition) is 0. The van der Waals surface area contributed by atoms with Crippen molar-refractivity contribution in [2.75, 3.05) is 13.3 Å². The second kappa shape index (κ2) is 7.92. The van der Waals surface area contributed by atoms with Gasteiger partial charge in [0.15, 0.2) is 12.4 Å². The van der Waals surface area contributed by atoms with Gasteiger partial charge in [-0.1, -0.05) is 38.5 Å². The van der Waals surface area contributed by atoms with Crippen molar-refractivity contribution in [3.63, 3.8) is 0 Å². The summed E-state index contributed by atoms with van der Waals surface area (Å²) in [6.45, 7) is 6.22. The first-order valence-corrected chi connectivity index (χ1v) is 12.1. The number of carbonyl (C=O) groups excluding carboxylic acids is 1. The van der Waals surface area contributed by atoms with Gasteiger partial charge in [0.05, 0.1) is 5.57 Å². The first-order chi connectivity index (χ1) is 12.7. The second-order valence-corrected chi connectivity index (χ2v) is 11.9. The Hall–Kier alpha value is -1.17. The van der Waals surface area contributed by atoms with Gasteiger partial charge in [-0.05, 0) is 48.8 Å². The molecule has 0 N–H and O–H groups in total. The predicted octanol–water partition coefficient (Wildman–Crippen LogP) is 6.11. The summed E-state index contributed by atoms with van der Waals surface area (Å²) in [6, 6.07) is 4.01. The van der Waals surface area contributed by atoms with E-state index in [1.807, 2.05) is 46.8 Å². The number of hydrogen-bond acceptors (Lipinski definition) is 4. The number of halogens is 3. The zero-order valence-electron chi connectivity index (χ0n) is 17.0. The van der Waals surface area contributed by atoms with Crippen LogP contribution in [0.5, 0.6) is 0 Å². The molecule has 1 aliphatic carbocycles. The minimum absolute atomic E-state index is 0.0903. The Labute approximate surface area is 169 Å². The molecule has 1 atom stereocenters. The summed E-state index contributed by atoms with van der Waals surface area (Å²) in [5, 5.41) is 0. The van der Waals surface area contributed by atoms with Crippen LogP contribution in [0.2, 0.25) is 0 Å². The number of Topliss-reactive ketones (excluding diaryl/α,β-unsaturated/α-hetero) is 1. The number of aryl methyl sites for hydroxylation is 3. The van der Waals surface area contributed by atoms with Gasteiger partial charge in [0.1, 0.15) is 5.76 Å². The Morgan fingerprint density at radius 1 is 1.25 bits per heavy atom. The molecule has 0 saturated carbocycles. The fraction of sp³-hybridized carbons (Fsp3) is 0.550. The Morgan fingerprint density at radius 2 is 1.86 bits per heavy atom. The molecule has 0 saturated heterocycles. The van der Waals surface area contributed by atoms with Gasteiger partial charge in [-0.15, -0.1) is 0 Å². The largest absolute Gasteiger partial charge is 0.447 e. The summed E-state index contributed by atoms with van der Waals surface area (Å²) in [7, 11) is 0. The summed E-state index contributed by atoms with van der Waals surface area (Å²) in [6.07, 6.45) is -3.57. The van der Waals surface area contributed by atoms with E-state index in [0.29, 0.717) is 17.8 Å². The summed E-state index contributed by atoms with van der Waals surface area (Å²) in [5.41, 5.74) is 3.56. The third-order valence-corrected chi connectivity index (χ3v) is 6.29.